The molecule has 1 amide bonds. The number of anilines is 1. The van der Waals surface area contributed by atoms with Crippen molar-refractivity contribution in [1.29, 1.82) is 0 Å². The van der Waals surface area contributed by atoms with Crippen LogP contribution in [0.2, 0.25) is 5.02 Å². The summed E-state index contributed by atoms with van der Waals surface area (Å²) in [7, 11) is 0. The number of fused-ring (bicyclic) bond motifs is 1. The first-order chi connectivity index (χ1) is 11.6. The second-order valence-corrected chi connectivity index (χ2v) is 7.00. The lowest BCUT2D eigenvalue weighted by molar-refractivity contribution is -0.118. The highest BCUT2D eigenvalue weighted by Gasteiger charge is 2.14. The van der Waals surface area contributed by atoms with Gasteiger partial charge in [-0.05, 0) is 40.2 Å². The van der Waals surface area contributed by atoms with Gasteiger partial charge in [-0.25, -0.2) is 0 Å². The van der Waals surface area contributed by atoms with E-state index in [-0.39, 0.29) is 12.5 Å². The molecule has 4 nitrogen and oxygen atoms in total. The van der Waals surface area contributed by atoms with Gasteiger partial charge in [0.1, 0.15) is 5.52 Å². The number of benzene rings is 2. The zero-order valence-electron chi connectivity index (χ0n) is 12.2. The summed E-state index contributed by atoms with van der Waals surface area (Å²) in [4.78, 5) is 16.5. The number of nitrogens with one attached hydrogen (secondary N) is 1. The van der Waals surface area contributed by atoms with E-state index in [2.05, 4.69) is 42.2 Å². The van der Waals surface area contributed by atoms with Gasteiger partial charge >= 0.3 is 0 Å². The maximum Gasteiger partial charge on any atom is 0.262 e. The third kappa shape index (κ3) is 3.71. The standard InChI is InChI=1S/C17H11Br2ClN2O2/c18-11-8-12(19)17(16-10(11)4-3-7-21-16)24-9-15(23)22-14-6-2-1-5-13(14)20/h1-8H,9H2,(H,22,23). The van der Waals surface area contributed by atoms with Gasteiger partial charge in [-0.15, -0.1) is 0 Å². The quantitative estimate of drug-likeness (QED) is 0.553. The Labute approximate surface area is 160 Å². The van der Waals surface area contributed by atoms with Crippen molar-refractivity contribution in [2.75, 3.05) is 11.9 Å². The van der Waals surface area contributed by atoms with E-state index in [9.17, 15) is 4.79 Å². The Morgan fingerprint density at radius 3 is 2.75 bits per heavy atom. The molecule has 24 heavy (non-hydrogen) atoms. The molecule has 3 rings (SSSR count). The Bertz CT molecular complexity index is 918. The van der Waals surface area contributed by atoms with Gasteiger partial charge in [-0.1, -0.05) is 45.7 Å². The molecule has 0 spiro atoms. The van der Waals surface area contributed by atoms with Crippen LogP contribution in [-0.2, 0) is 4.79 Å². The third-order valence-corrected chi connectivity index (χ3v) is 4.82. The highest BCUT2D eigenvalue weighted by molar-refractivity contribution is 9.11. The second kappa shape index (κ2) is 7.51. The summed E-state index contributed by atoms with van der Waals surface area (Å²) < 4.78 is 7.30. The van der Waals surface area contributed by atoms with Gasteiger partial charge in [0.05, 0.1) is 15.2 Å². The normalized spacial score (nSPS) is 10.6. The fraction of sp³-hybridized carbons (Fsp3) is 0.0588. The molecule has 1 N–H and O–H groups in total. The minimum absolute atomic E-state index is 0.156. The number of ether oxygens (including phenoxy) is 1. The molecule has 0 aliphatic carbocycles. The van der Waals surface area contributed by atoms with E-state index in [4.69, 9.17) is 16.3 Å². The molecule has 122 valence electrons. The Kier molecular flexibility index (Phi) is 5.38. The largest absolute Gasteiger partial charge is 0.480 e. The minimum Gasteiger partial charge on any atom is -0.480 e. The predicted molar refractivity (Wildman–Crippen MR) is 103 cm³/mol. The first kappa shape index (κ1) is 17.2. The van der Waals surface area contributed by atoms with Crippen molar-refractivity contribution < 1.29 is 9.53 Å². The van der Waals surface area contributed by atoms with Crippen LogP contribution in [0.15, 0.2) is 57.6 Å². The Morgan fingerprint density at radius 2 is 1.96 bits per heavy atom. The molecule has 0 aliphatic heterocycles. The van der Waals surface area contributed by atoms with Gasteiger partial charge in [-0.2, -0.15) is 0 Å². The average Bonchev–Trinajstić information content (AvgIpc) is 2.57. The van der Waals surface area contributed by atoms with Gasteiger partial charge in [-0.3, -0.25) is 9.78 Å². The van der Waals surface area contributed by atoms with Crippen LogP contribution in [0.1, 0.15) is 0 Å². The number of hydrogen-bond donors (Lipinski definition) is 1. The molecule has 3 aromatic rings. The monoisotopic (exact) mass is 468 g/mol. The van der Waals surface area contributed by atoms with E-state index >= 15 is 0 Å². The molecular weight excluding hydrogens is 459 g/mol. The number of para-hydroxylation sites is 1. The second-order valence-electron chi connectivity index (χ2n) is 4.89. The molecule has 0 aliphatic rings. The van der Waals surface area contributed by atoms with Crippen LogP contribution in [0.3, 0.4) is 0 Å². The van der Waals surface area contributed by atoms with E-state index in [0.717, 1.165) is 9.86 Å². The van der Waals surface area contributed by atoms with Crippen molar-refractivity contribution in [1.82, 2.24) is 4.98 Å². The molecule has 7 heteroatoms. The summed E-state index contributed by atoms with van der Waals surface area (Å²) in [6.07, 6.45) is 1.68. The van der Waals surface area contributed by atoms with Crippen molar-refractivity contribution in [3.05, 3.63) is 62.6 Å². The smallest absolute Gasteiger partial charge is 0.262 e. The van der Waals surface area contributed by atoms with Gasteiger partial charge in [0.25, 0.3) is 5.91 Å². The highest BCUT2D eigenvalue weighted by Crippen LogP contribution is 2.37. The van der Waals surface area contributed by atoms with Crippen LogP contribution in [0, 0.1) is 0 Å². The van der Waals surface area contributed by atoms with Gasteiger partial charge in [0.2, 0.25) is 0 Å². The van der Waals surface area contributed by atoms with E-state index in [1.165, 1.54) is 0 Å². The predicted octanol–water partition coefficient (Wildman–Crippen LogP) is 5.43. The zero-order chi connectivity index (χ0) is 17.1. The highest BCUT2D eigenvalue weighted by atomic mass is 79.9. The van der Waals surface area contributed by atoms with Crippen LogP contribution in [-0.4, -0.2) is 17.5 Å². The van der Waals surface area contributed by atoms with E-state index in [1.54, 1.807) is 30.5 Å². The molecular formula is C17H11Br2ClN2O2. The first-order valence-electron chi connectivity index (χ1n) is 6.96. The number of aromatic nitrogens is 1. The summed E-state index contributed by atoms with van der Waals surface area (Å²) >= 11 is 13.0. The van der Waals surface area contributed by atoms with E-state index in [1.807, 2.05) is 18.2 Å². The van der Waals surface area contributed by atoms with Gasteiger partial charge in [0.15, 0.2) is 12.4 Å². The van der Waals surface area contributed by atoms with Crippen molar-refractivity contribution in [2.45, 2.75) is 0 Å². The molecule has 0 saturated carbocycles. The number of nitrogens with zero attached hydrogens (tertiary/aromatic N) is 1. The van der Waals surface area contributed by atoms with Crippen molar-refractivity contribution >= 4 is 66.0 Å². The molecule has 1 heterocycles. The average molecular weight is 471 g/mol. The molecule has 1 aromatic heterocycles. The van der Waals surface area contributed by atoms with Crippen LogP contribution < -0.4 is 10.1 Å². The summed E-state index contributed by atoms with van der Waals surface area (Å²) in [5, 5.41) is 4.10. The Morgan fingerprint density at radius 1 is 1.17 bits per heavy atom. The molecule has 0 unspecified atom stereocenters. The summed E-state index contributed by atoms with van der Waals surface area (Å²) in [6.45, 7) is -0.156. The third-order valence-electron chi connectivity index (χ3n) is 3.25. The van der Waals surface area contributed by atoms with Crippen molar-refractivity contribution in [3.8, 4) is 5.75 Å². The molecule has 0 bridgehead atoms. The molecule has 0 saturated heterocycles. The maximum atomic E-state index is 12.1. The topological polar surface area (TPSA) is 51.2 Å². The fourth-order valence-corrected chi connectivity index (χ4v) is 3.74. The maximum absolute atomic E-state index is 12.1. The Hall–Kier alpha value is -1.63. The zero-order valence-corrected chi connectivity index (χ0v) is 16.2. The number of hydrogen-bond acceptors (Lipinski definition) is 3. The van der Waals surface area contributed by atoms with Crippen LogP contribution in [0.5, 0.6) is 5.75 Å². The van der Waals surface area contributed by atoms with E-state index < -0.39 is 0 Å². The molecule has 2 aromatic carbocycles. The lowest BCUT2D eigenvalue weighted by atomic mass is 10.2. The SMILES string of the molecule is O=C(COc1c(Br)cc(Br)c2cccnc12)Nc1ccccc1Cl. The van der Waals surface area contributed by atoms with Gasteiger partial charge < -0.3 is 10.1 Å². The number of halogens is 3. The van der Waals surface area contributed by atoms with Crippen LogP contribution >= 0.6 is 43.5 Å². The van der Waals surface area contributed by atoms with Crippen LogP contribution in [0.4, 0.5) is 5.69 Å². The van der Waals surface area contributed by atoms with Gasteiger partial charge in [0, 0.05) is 16.1 Å². The van der Waals surface area contributed by atoms with E-state index in [0.29, 0.717) is 26.4 Å². The lowest BCUT2D eigenvalue weighted by Crippen LogP contribution is -2.20. The Balaban J connectivity index is 1.79. The van der Waals surface area contributed by atoms with Crippen LogP contribution in [0.25, 0.3) is 10.9 Å². The fourth-order valence-electron chi connectivity index (χ4n) is 2.17. The summed E-state index contributed by atoms with van der Waals surface area (Å²) in [5.74, 6) is 0.213. The number of amides is 1. The van der Waals surface area contributed by atoms with Crippen molar-refractivity contribution in [2.24, 2.45) is 0 Å². The van der Waals surface area contributed by atoms with Crippen molar-refractivity contribution in [3.63, 3.8) is 0 Å². The number of pyridine rings is 1. The number of carbonyl (C=O) groups is 1. The first-order valence-corrected chi connectivity index (χ1v) is 8.92. The summed E-state index contributed by atoms with van der Waals surface area (Å²) in [5.41, 5.74) is 1.22. The molecule has 0 atom stereocenters. The number of rotatable bonds is 4. The number of carbonyl (C=O) groups excluding carboxylic acids is 1. The molecule has 0 radical (unpaired) electrons. The summed E-state index contributed by atoms with van der Waals surface area (Å²) in [6, 6.07) is 12.7. The lowest BCUT2D eigenvalue weighted by Gasteiger charge is -2.12. The minimum atomic E-state index is -0.304. The molecule has 0 fully saturated rings.